The first kappa shape index (κ1) is 11.2. The van der Waals surface area contributed by atoms with Gasteiger partial charge in [0.15, 0.2) is 0 Å². The summed E-state index contributed by atoms with van der Waals surface area (Å²) in [6.45, 7) is 5.16. The number of nitrogens with one attached hydrogen (secondary N) is 1. The molecule has 0 aromatic carbocycles. The molecule has 1 rings (SSSR count). The molecule has 2 N–H and O–H groups in total. The summed E-state index contributed by atoms with van der Waals surface area (Å²) in [6.07, 6.45) is 2.88. The summed E-state index contributed by atoms with van der Waals surface area (Å²) in [5, 5.41) is 16.7. The smallest absolute Gasteiger partial charge is 0.0627 e. The maximum atomic E-state index is 9.24. The van der Waals surface area contributed by atoms with Crippen LogP contribution in [0, 0.1) is 6.92 Å². The van der Waals surface area contributed by atoms with Crippen molar-refractivity contribution in [3.63, 3.8) is 0 Å². The van der Waals surface area contributed by atoms with Crippen molar-refractivity contribution in [3.05, 3.63) is 17.5 Å². The first-order valence-corrected chi connectivity index (χ1v) is 5.03. The molecule has 0 fully saturated rings. The van der Waals surface area contributed by atoms with Crippen LogP contribution in [0.2, 0.25) is 0 Å². The van der Waals surface area contributed by atoms with E-state index in [4.69, 9.17) is 0 Å². The number of aromatic nitrogens is 2. The molecule has 4 heteroatoms. The van der Waals surface area contributed by atoms with Crippen LogP contribution in [0.4, 0.5) is 0 Å². The van der Waals surface area contributed by atoms with Gasteiger partial charge in [-0.2, -0.15) is 5.10 Å². The lowest BCUT2D eigenvalue weighted by atomic mass is 10.1. The largest absolute Gasteiger partial charge is 0.394 e. The van der Waals surface area contributed by atoms with Crippen molar-refractivity contribution in [2.45, 2.75) is 26.3 Å². The van der Waals surface area contributed by atoms with Crippen LogP contribution in [0.3, 0.4) is 0 Å². The van der Waals surface area contributed by atoms with E-state index in [9.17, 15) is 5.11 Å². The van der Waals surface area contributed by atoms with Gasteiger partial charge in [-0.1, -0.05) is 6.92 Å². The van der Waals surface area contributed by atoms with E-state index in [2.05, 4.69) is 17.3 Å². The molecule has 0 aliphatic carbocycles. The number of rotatable bonds is 5. The second-order valence-corrected chi connectivity index (χ2v) is 3.50. The van der Waals surface area contributed by atoms with Crippen molar-refractivity contribution in [1.82, 2.24) is 15.1 Å². The summed E-state index contributed by atoms with van der Waals surface area (Å²) in [5.74, 6) is 0. The van der Waals surface area contributed by atoms with Crippen molar-refractivity contribution >= 4 is 0 Å². The topological polar surface area (TPSA) is 50.1 Å². The van der Waals surface area contributed by atoms with Crippen LogP contribution in [0.15, 0.2) is 6.20 Å². The summed E-state index contributed by atoms with van der Waals surface area (Å²) in [5.41, 5.74) is 2.19. The van der Waals surface area contributed by atoms with E-state index in [1.165, 1.54) is 0 Å². The lowest BCUT2D eigenvalue weighted by Crippen LogP contribution is -2.25. The maximum Gasteiger partial charge on any atom is 0.0627 e. The Morgan fingerprint density at radius 3 is 2.79 bits per heavy atom. The summed E-state index contributed by atoms with van der Waals surface area (Å²) >= 11 is 0. The average Bonchev–Trinajstić information content (AvgIpc) is 2.51. The second kappa shape index (κ2) is 5.12. The molecule has 1 atom stereocenters. The first-order chi connectivity index (χ1) is 6.70. The van der Waals surface area contributed by atoms with Gasteiger partial charge in [0.1, 0.15) is 0 Å². The van der Waals surface area contributed by atoms with Gasteiger partial charge in [-0.3, -0.25) is 4.68 Å². The monoisotopic (exact) mass is 197 g/mol. The Balaban J connectivity index is 2.73. The second-order valence-electron chi connectivity index (χ2n) is 3.50. The Morgan fingerprint density at radius 2 is 2.36 bits per heavy atom. The van der Waals surface area contributed by atoms with Crippen LogP contribution < -0.4 is 5.32 Å². The van der Waals surface area contributed by atoms with Gasteiger partial charge < -0.3 is 10.4 Å². The van der Waals surface area contributed by atoms with Crippen molar-refractivity contribution in [3.8, 4) is 0 Å². The molecule has 0 amide bonds. The van der Waals surface area contributed by atoms with Gasteiger partial charge in [0.2, 0.25) is 0 Å². The normalized spacial score (nSPS) is 13.1. The Morgan fingerprint density at radius 1 is 1.64 bits per heavy atom. The fraction of sp³-hybridized carbons (Fsp3) is 0.700. The van der Waals surface area contributed by atoms with Crippen LogP contribution in [0.1, 0.15) is 30.6 Å². The number of hydrogen-bond acceptors (Lipinski definition) is 3. The molecular weight excluding hydrogens is 178 g/mol. The predicted molar refractivity (Wildman–Crippen MR) is 56.1 cm³/mol. The zero-order chi connectivity index (χ0) is 10.6. The van der Waals surface area contributed by atoms with Gasteiger partial charge in [0.05, 0.1) is 18.8 Å². The number of aryl methyl sites for hydroxylation is 1. The van der Waals surface area contributed by atoms with Gasteiger partial charge in [0, 0.05) is 18.3 Å². The van der Waals surface area contributed by atoms with E-state index in [0.717, 1.165) is 24.2 Å². The quantitative estimate of drug-likeness (QED) is 0.732. The third kappa shape index (κ3) is 2.33. The lowest BCUT2D eigenvalue weighted by Gasteiger charge is -2.15. The molecule has 1 heterocycles. The molecular formula is C10H19N3O. The summed E-state index contributed by atoms with van der Waals surface area (Å²) in [4.78, 5) is 0. The average molecular weight is 197 g/mol. The molecule has 0 saturated heterocycles. The van der Waals surface area contributed by atoms with Gasteiger partial charge in [-0.15, -0.1) is 0 Å². The Kier molecular flexibility index (Phi) is 4.10. The molecule has 0 saturated carbocycles. The van der Waals surface area contributed by atoms with Crippen LogP contribution in [-0.2, 0) is 7.05 Å². The first-order valence-electron chi connectivity index (χ1n) is 5.03. The van der Waals surface area contributed by atoms with Crippen molar-refractivity contribution in [1.29, 1.82) is 0 Å². The minimum atomic E-state index is 0.0173. The molecule has 0 radical (unpaired) electrons. The fourth-order valence-electron chi connectivity index (χ4n) is 1.45. The zero-order valence-corrected chi connectivity index (χ0v) is 9.12. The summed E-state index contributed by atoms with van der Waals surface area (Å²) in [6, 6.07) is 0.0173. The molecule has 1 unspecified atom stereocenters. The number of aliphatic hydroxyl groups is 1. The van der Waals surface area contributed by atoms with Gasteiger partial charge >= 0.3 is 0 Å². The number of aliphatic hydroxyl groups excluding tert-OH is 1. The SMILES string of the molecule is CCCNC(CO)c1cnn(C)c1C. The Bertz CT molecular complexity index is 283. The van der Waals surface area contributed by atoms with Crippen LogP contribution in [0.25, 0.3) is 0 Å². The highest BCUT2D eigenvalue weighted by Gasteiger charge is 2.14. The molecule has 80 valence electrons. The molecule has 1 aromatic heterocycles. The molecule has 0 bridgehead atoms. The van der Waals surface area contributed by atoms with Gasteiger partial charge in [0.25, 0.3) is 0 Å². The maximum absolute atomic E-state index is 9.24. The third-order valence-corrected chi connectivity index (χ3v) is 2.47. The molecule has 0 aliphatic heterocycles. The minimum absolute atomic E-state index is 0.0173. The van der Waals surface area contributed by atoms with E-state index in [-0.39, 0.29) is 12.6 Å². The number of nitrogens with zero attached hydrogens (tertiary/aromatic N) is 2. The molecule has 0 aliphatic rings. The number of hydrogen-bond donors (Lipinski definition) is 2. The Labute approximate surface area is 84.9 Å². The molecule has 1 aromatic rings. The van der Waals surface area contributed by atoms with Crippen LogP contribution in [0.5, 0.6) is 0 Å². The highest BCUT2D eigenvalue weighted by atomic mass is 16.3. The van der Waals surface area contributed by atoms with Gasteiger partial charge in [-0.05, 0) is 19.9 Å². The van der Waals surface area contributed by atoms with Crippen LogP contribution >= 0.6 is 0 Å². The summed E-state index contributed by atoms with van der Waals surface area (Å²) < 4.78 is 1.83. The lowest BCUT2D eigenvalue weighted by molar-refractivity contribution is 0.244. The Hall–Kier alpha value is -0.870. The molecule has 4 nitrogen and oxygen atoms in total. The van der Waals surface area contributed by atoms with E-state index in [1.54, 1.807) is 0 Å². The van der Waals surface area contributed by atoms with Gasteiger partial charge in [-0.25, -0.2) is 0 Å². The van der Waals surface area contributed by atoms with Crippen molar-refractivity contribution < 1.29 is 5.11 Å². The van der Waals surface area contributed by atoms with E-state index in [1.807, 2.05) is 24.9 Å². The predicted octanol–water partition coefficient (Wildman–Crippen LogP) is 0.762. The third-order valence-electron chi connectivity index (χ3n) is 2.47. The van der Waals surface area contributed by atoms with Crippen molar-refractivity contribution in [2.75, 3.05) is 13.2 Å². The van der Waals surface area contributed by atoms with Crippen molar-refractivity contribution in [2.24, 2.45) is 7.05 Å². The van der Waals surface area contributed by atoms with E-state index in [0.29, 0.717) is 0 Å². The highest BCUT2D eigenvalue weighted by Crippen LogP contribution is 2.15. The van der Waals surface area contributed by atoms with E-state index >= 15 is 0 Å². The summed E-state index contributed by atoms with van der Waals surface area (Å²) in [7, 11) is 1.91. The standard InChI is InChI=1S/C10H19N3O/c1-4-5-11-10(7-14)9-6-12-13(3)8(9)2/h6,10-11,14H,4-5,7H2,1-3H3. The fourth-order valence-corrected chi connectivity index (χ4v) is 1.45. The van der Waals surface area contributed by atoms with Crippen LogP contribution in [-0.4, -0.2) is 28.0 Å². The minimum Gasteiger partial charge on any atom is -0.394 e. The molecule has 0 spiro atoms. The van der Waals surface area contributed by atoms with E-state index < -0.39 is 0 Å². The molecule has 14 heavy (non-hydrogen) atoms. The zero-order valence-electron chi connectivity index (χ0n) is 9.12. The highest BCUT2D eigenvalue weighted by molar-refractivity contribution is 5.20.